The zero-order valence-electron chi connectivity index (χ0n) is 19.0. The molecule has 0 spiro atoms. The summed E-state index contributed by atoms with van der Waals surface area (Å²) in [7, 11) is 0. The van der Waals surface area contributed by atoms with Crippen molar-refractivity contribution < 1.29 is 4.79 Å². The van der Waals surface area contributed by atoms with Gasteiger partial charge < -0.3 is 0 Å². The minimum absolute atomic E-state index is 0.133. The zero-order valence-corrected chi connectivity index (χ0v) is 19.0. The Hall–Kier alpha value is -2.67. The number of hydrogen-bond acceptors (Lipinski definition) is 1. The van der Waals surface area contributed by atoms with Crippen LogP contribution in [-0.2, 0) is 10.8 Å². The van der Waals surface area contributed by atoms with Gasteiger partial charge in [0.15, 0.2) is 5.78 Å². The summed E-state index contributed by atoms with van der Waals surface area (Å²) in [6.07, 6.45) is 0.566. The highest BCUT2D eigenvalue weighted by molar-refractivity contribution is 6.02. The van der Waals surface area contributed by atoms with Crippen molar-refractivity contribution in [2.45, 2.75) is 64.7 Å². The number of carbonyl (C=O) groups is 1. The third-order valence-corrected chi connectivity index (χ3v) is 6.38. The third kappa shape index (κ3) is 3.86. The van der Waals surface area contributed by atoms with E-state index in [0.29, 0.717) is 6.42 Å². The average molecular weight is 397 g/mol. The molecule has 0 heterocycles. The van der Waals surface area contributed by atoms with E-state index >= 15 is 0 Å². The van der Waals surface area contributed by atoms with Crippen molar-refractivity contribution >= 4 is 5.78 Å². The van der Waals surface area contributed by atoms with Crippen LogP contribution in [0.15, 0.2) is 66.7 Å². The fourth-order valence-electron chi connectivity index (χ4n) is 4.37. The Morgan fingerprint density at radius 1 is 0.667 bits per heavy atom. The van der Waals surface area contributed by atoms with E-state index in [0.717, 1.165) is 5.56 Å². The highest BCUT2D eigenvalue weighted by Gasteiger charge is 2.31. The Labute approximate surface area is 181 Å². The second-order valence-corrected chi connectivity index (χ2v) is 10.7. The van der Waals surface area contributed by atoms with Crippen LogP contribution in [0.3, 0.4) is 0 Å². The maximum absolute atomic E-state index is 12.7. The van der Waals surface area contributed by atoms with Gasteiger partial charge in [0, 0.05) is 17.9 Å². The summed E-state index contributed by atoms with van der Waals surface area (Å²) in [6, 6.07) is 24.0. The number of fused-ring (bicyclic) bond motifs is 1. The lowest BCUT2D eigenvalue weighted by Gasteiger charge is -2.20. The van der Waals surface area contributed by atoms with Gasteiger partial charge in [0.05, 0.1) is 0 Å². The molecule has 0 saturated heterocycles. The molecule has 0 aromatic heterocycles. The van der Waals surface area contributed by atoms with E-state index in [-0.39, 0.29) is 22.5 Å². The summed E-state index contributed by atoms with van der Waals surface area (Å²) in [5, 5.41) is 0. The van der Waals surface area contributed by atoms with Gasteiger partial charge in [-0.3, -0.25) is 4.79 Å². The maximum atomic E-state index is 12.7. The molecule has 0 bridgehead atoms. The van der Waals surface area contributed by atoms with E-state index < -0.39 is 0 Å². The topological polar surface area (TPSA) is 17.1 Å². The molecule has 3 aromatic rings. The first-order valence-corrected chi connectivity index (χ1v) is 10.9. The van der Waals surface area contributed by atoms with Gasteiger partial charge >= 0.3 is 0 Å². The normalized spacial score (nSPS) is 16.6. The van der Waals surface area contributed by atoms with Gasteiger partial charge in [-0.15, -0.1) is 0 Å². The van der Waals surface area contributed by atoms with Crippen LogP contribution in [0.1, 0.15) is 86.5 Å². The van der Waals surface area contributed by atoms with E-state index in [9.17, 15) is 4.79 Å². The van der Waals surface area contributed by atoms with Gasteiger partial charge in [0.25, 0.3) is 0 Å². The molecule has 0 radical (unpaired) electrons. The highest BCUT2D eigenvalue weighted by Crippen LogP contribution is 2.40. The second-order valence-electron chi connectivity index (χ2n) is 10.7. The molecule has 1 unspecified atom stereocenters. The fraction of sp³-hybridized carbons (Fsp3) is 0.345. The van der Waals surface area contributed by atoms with Crippen molar-refractivity contribution in [1.29, 1.82) is 0 Å². The van der Waals surface area contributed by atoms with Crippen molar-refractivity contribution in [1.82, 2.24) is 0 Å². The molecule has 154 valence electrons. The predicted molar refractivity (Wildman–Crippen MR) is 127 cm³/mol. The van der Waals surface area contributed by atoms with E-state index in [1.54, 1.807) is 0 Å². The van der Waals surface area contributed by atoms with Gasteiger partial charge in [-0.1, -0.05) is 102 Å². The fourth-order valence-corrected chi connectivity index (χ4v) is 4.37. The lowest BCUT2D eigenvalue weighted by atomic mass is 9.84. The van der Waals surface area contributed by atoms with Gasteiger partial charge in [-0.2, -0.15) is 0 Å². The Balaban J connectivity index is 1.69. The molecule has 1 aliphatic carbocycles. The predicted octanol–water partition coefficient (Wildman–Crippen LogP) is 7.67. The number of carbonyl (C=O) groups excluding carboxylic acids is 1. The van der Waals surface area contributed by atoms with Crippen LogP contribution in [0.4, 0.5) is 0 Å². The molecular weight excluding hydrogens is 364 g/mol. The molecule has 1 aliphatic rings. The molecule has 0 aliphatic heterocycles. The van der Waals surface area contributed by atoms with Crippen molar-refractivity contribution in [3.8, 4) is 11.1 Å². The summed E-state index contributed by atoms with van der Waals surface area (Å²) in [6.45, 7) is 13.4. The molecule has 3 aromatic carbocycles. The summed E-state index contributed by atoms with van der Waals surface area (Å²) in [4.78, 5) is 12.7. The lowest BCUT2D eigenvalue weighted by Crippen LogP contribution is -2.11. The number of ketones is 1. The van der Waals surface area contributed by atoms with Crippen molar-refractivity contribution in [2.75, 3.05) is 0 Å². The van der Waals surface area contributed by atoms with Gasteiger partial charge in [0.2, 0.25) is 0 Å². The Morgan fingerprint density at radius 2 is 1.17 bits per heavy atom. The minimum atomic E-state index is 0.133. The SMILES string of the molecule is CC(C)(C)c1ccc(-c2ccc3c(c2)C(c2ccc(C(C)(C)C)cc2)CC3=O)cc1. The molecule has 4 rings (SSSR count). The lowest BCUT2D eigenvalue weighted by molar-refractivity contribution is 0.0991. The van der Waals surface area contributed by atoms with Crippen LogP contribution in [-0.4, -0.2) is 5.78 Å². The molecule has 0 N–H and O–H groups in total. The first-order chi connectivity index (χ1) is 14.0. The third-order valence-electron chi connectivity index (χ3n) is 6.38. The van der Waals surface area contributed by atoms with Crippen molar-refractivity contribution in [2.24, 2.45) is 0 Å². The van der Waals surface area contributed by atoms with Crippen LogP contribution in [0.5, 0.6) is 0 Å². The number of hydrogen-bond donors (Lipinski definition) is 0. The average Bonchev–Trinajstić information content (AvgIpc) is 3.03. The summed E-state index contributed by atoms with van der Waals surface area (Å²) in [5.74, 6) is 0.403. The standard InChI is InChI=1S/C29H32O/c1-28(2,3)22-12-7-19(8-13-22)21-11-16-24-26(17-21)25(18-27(24)30)20-9-14-23(15-10-20)29(4,5)6/h7-17,25H,18H2,1-6H3. The second kappa shape index (κ2) is 7.23. The van der Waals surface area contributed by atoms with Gasteiger partial charge in [-0.25, -0.2) is 0 Å². The Bertz CT molecular complexity index is 1070. The maximum Gasteiger partial charge on any atom is 0.164 e. The smallest absolute Gasteiger partial charge is 0.164 e. The number of Topliss-reactive ketones (excluding diaryl/α,β-unsaturated/α-hetero) is 1. The van der Waals surface area contributed by atoms with Crippen LogP contribution < -0.4 is 0 Å². The van der Waals surface area contributed by atoms with Crippen LogP contribution in [0.2, 0.25) is 0 Å². The van der Waals surface area contributed by atoms with Crippen LogP contribution >= 0.6 is 0 Å². The first kappa shape index (κ1) is 20.6. The van der Waals surface area contributed by atoms with Crippen molar-refractivity contribution in [3.63, 3.8) is 0 Å². The van der Waals surface area contributed by atoms with E-state index in [2.05, 4.69) is 102 Å². The summed E-state index contributed by atoms with van der Waals surface area (Å²) >= 11 is 0. The van der Waals surface area contributed by atoms with E-state index in [4.69, 9.17) is 0 Å². The van der Waals surface area contributed by atoms with E-state index in [1.807, 2.05) is 6.07 Å². The monoisotopic (exact) mass is 396 g/mol. The molecule has 0 fully saturated rings. The van der Waals surface area contributed by atoms with Crippen LogP contribution in [0, 0.1) is 0 Å². The largest absolute Gasteiger partial charge is 0.294 e. The molecule has 1 heteroatoms. The molecular formula is C29H32O. The Kier molecular flexibility index (Phi) is 4.97. The Morgan fingerprint density at radius 3 is 1.70 bits per heavy atom. The number of rotatable bonds is 2. The summed E-state index contributed by atoms with van der Waals surface area (Å²) < 4.78 is 0. The zero-order chi connectivity index (χ0) is 21.7. The first-order valence-electron chi connectivity index (χ1n) is 10.9. The van der Waals surface area contributed by atoms with Gasteiger partial charge in [0.1, 0.15) is 0 Å². The molecule has 0 amide bonds. The molecule has 1 atom stereocenters. The quantitative estimate of drug-likeness (QED) is 0.434. The van der Waals surface area contributed by atoms with Crippen molar-refractivity contribution in [3.05, 3.63) is 94.5 Å². The number of benzene rings is 3. The van der Waals surface area contributed by atoms with E-state index in [1.165, 1.54) is 33.4 Å². The highest BCUT2D eigenvalue weighted by atomic mass is 16.1. The van der Waals surface area contributed by atoms with Crippen LogP contribution in [0.25, 0.3) is 11.1 Å². The van der Waals surface area contributed by atoms with Gasteiger partial charge in [-0.05, 0) is 50.3 Å². The molecule has 0 saturated carbocycles. The summed E-state index contributed by atoms with van der Waals surface area (Å²) in [5.41, 5.74) is 8.60. The molecule has 1 nitrogen and oxygen atoms in total. The minimum Gasteiger partial charge on any atom is -0.294 e. The molecule has 30 heavy (non-hydrogen) atoms.